The lowest BCUT2D eigenvalue weighted by Gasteiger charge is -2.17. The van der Waals surface area contributed by atoms with Crippen molar-refractivity contribution in [3.8, 4) is 5.75 Å². The first-order chi connectivity index (χ1) is 11.4. The highest BCUT2D eigenvalue weighted by molar-refractivity contribution is 5.96. The first kappa shape index (κ1) is 17.5. The maximum Gasteiger partial charge on any atom is 0.337 e. The first-order valence-electron chi connectivity index (χ1n) is 7.64. The zero-order valence-corrected chi connectivity index (χ0v) is 14.3. The fourth-order valence-electron chi connectivity index (χ4n) is 2.18. The van der Waals surface area contributed by atoms with E-state index in [-0.39, 0.29) is 5.91 Å². The van der Waals surface area contributed by atoms with Crippen LogP contribution in [0.5, 0.6) is 5.75 Å². The van der Waals surface area contributed by atoms with Crippen molar-refractivity contribution in [2.45, 2.75) is 26.9 Å². The maximum absolute atomic E-state index is 12.3. The minimum absolute atomic E-state index is 0.294. The second kappa shape index (κ2) is 7.64. The molecule has 0 spiro atoms. The average Bonchev–Trinajstić information content (AvgIpc) is 2.58. The van der Waals surface area contributed by atoms with Gasteiger partial charge in [0.1, 0.15) is 5.75 Å². The molecule has 0 aliphatic heterocycles. The number of nitrogens with one attached hydrogen (secondary N) is 1. The third-order valence-electron chi connectivity index (χ3n) is 3.78. The van der Waals surface area contributed by atoms with E-state index in [1.807, 2.05) is 32.0 Å². The summed E-state index contributed by atoms with van der Waals surface area (Å²) in [5.41, 5.74) is 2.99. The predicted octanol–water partition coefficient (Wildman–Crippen LogP) is 3.50. The van der Waals surface area contributed by atoms with Gasteiger partial charge in [-0.25, -0.2) is 4.79 Å². The Balaban J connectivity index is 2.06. The second-order valence-electron chi connectivity index (χ2n) is 5.52. The van der Waals surface area contributed by atoms with Crippen LogP contribution < -0.4 is 10.1 Å². The number of methoxy groups -OCH3 is 1. The SMILES string of the molecule is COC(=O)c1cccc(NC(=O)[C@@H](C)Oc2cccc(C)c2C)c1. The highest BCUT2D eigenvalue weighted by Gasteiger charge is 2.17. The molecule has 0 saturated carbocycles. The Morgan fingerprint density at radius 2 is 1.79 bits per heavy atom. The monoisotopic (exact) mass is 327 g/mol. The molecule has 5 nitrogen and oxygen atoms in total. The highest BCUT2D eigenvalue weighted by Crippen LogP contribution is 2.22. The number of benzene rings is 2. The minimum Gasteiger partial charge on any atom is -0.481 e. The van der Waals surface area contributed by atoms with Crippen LogP contribution in [-0.4, -0.2) is 25.1 Å². The standard InChI is InChI=1S/C19H21NO4/c1-12-7-5-10-17(13(12)2)24-14(3)18(21)20-16-9-6-8-15(11-16)19(22)23-4/h5-11,14H,1-4H3,(H,20,21)/t14-/m1/s1. The molecule has 0 fully saturated rings. The molecule has 24 heavy (non-hydrogen) atoms. The van der Waals surface area contributed by atoms with Crippen LogP contribution in [0.2, 0.25) is 0 Å². The normalized spacial score (nSPS) is 11.5. The van der Waals surface area contributed by atoms with Crippen molar-refractivity contribution in [1.82, 2.24) is 0 Å². The Morgan fingerprint density at radius 1 is 1.08 bits per heavy atom. The van der Waals surface area contributed by atoms with E-state index in [9.17, 15) is 9.59 Å². The fraction of sp³-hybridized carbons (Fsp3) is 0.263. The van der Waals surface area contributed by atoms with Crippen molar-refractivity contribution in [3.63, 3.8) is 0 Å². The fourth-order valence-corrected chi connectivity index (χ4v) is 2.18. The van der Waals surface area contributed by atoms with Gasteiger partial charge in [0.2, 0.25) is 0 Å². The summed E-state index contributed by atoms with van der Waals surface area (Å²) in [5, 5.41) is 2.74. The Kier molecular flexibility index (Phi) is 5.58. The number of aryl methyl sites for hydroxylation is 1. The van der Waals surface area contributed by atoms with Gasteiger partial charge in [0, 0.05) is 5.69 Å². The molecule has 5 heteroatoms. The van der Waals surface area contributed by atoms with Gasteiger partial charge in [-0.15, -0.1) is 0 Å². The van der Waals surface area contributed by atoms with Crippen LogP contribution in [0.3, 0.4) is 0 Å². The van der Waals surface area contributed by atoms with Crippen LogP contribution in [0.15, 0.2) is 42.5 Å². The molecule has 126 valence electrons. The summed E-state index contributed by atoms with van der Waals surface area (Å²) in [6.07, 6.45) is -0.674. The van der Waals surface area contributed by atoms with Gasteiger partial charge in [0.25, 0.3) is 5.91 Å². The molecule has 0 bridgehead atoms. The van der Waals surface area contributed by atoms with Crippen molar-refractivity contribution >= 4 is 17.6 Å². The number of ether oxygens (including phenoxy) is 2. The Hall–Kier alpha value is -2.82. The van der Waals surface area contributed by atoms with Crippen molar-refractivity contribution in [1.29, 1.82) is 0 Å². The Labute approximate surface area is 141 Å². The number of esters is 1. The van der Waals surface area contributed by atoms with Gasteiger partial charge in [0.05, 0.1) is 12.7 Å². The largest absolute Gasteiger partial charge is 0.481 e. The van der Waals surface area contributed by atoms with E-state index in [4.69, 9.17) is 4.74 Å². The van der Waals surface area contributed by atoms with E-state index in [0.29, 0.717) is 17.0 Å². The molecule has 0 unspecified atom stereocenters. The lowest BCUT2D eigenvalue weighted by molar-refractivity contribution is -0.122. The molecule has 1 N–H and O–H groups in total. The predicted molar refractivity (Wildman–Crippen MR) is 92.4 cm³/mol. The first-order valence-corrected chi connectivity index (χ1v) is 7.64. The lowest BCUT2D eigenvalue weighted by atomic mass is 10.1. The van der Waals surface area contributed by atoms with Crippen LogP contribution in [0.4, 0.5) is 5.69 Å². The van der Waals surface area contributed by atoms with Gasteiger partial charge < -0.3 is 14.8 Å². The van der Waals surface area contributed by atoms with Crippen molar-refractivity contribution in [2.75, 3.05) is 12.4 Å². The van der Waals surface area contributed by atoms with Crippen molar-refractivity contribution in [3.05, 3.63) is 59.2 Å². The zero-order valence-electron chi connectivity index (χ0n) is 14.3. The van der Waals surface area contributed by atoms with Gasteiger partial charge in [-0.05, 0) is 56.2 Å². The molecule has 0 aromatic heterocycles. The van der Waals surface area contributed by atoms with Gasteiger partial charge in [-0.1, -0.05) is 18.2 Å². The smallest absolute Gasteiger partial charge is 0.337 e. The second-order valence-corrected chi connectivity index (χ2v) is 5.52. The highest BCUT2D eigenvalue weighted by atomic mass is 16.5. The maximum atomic E-state index is 12.3. The van der Waals surface area contributed by atoms with Crippen LogP contribution in [-0.2, 0) is 9.53 Å². The average molecular weight is 327 g/mol. The molecule has 0 aliphatic rings. The molecular weight excluding hydrogens is 306 g/mol. The van der Waals surface area contributed by atoms with E-state index in [0.717, 1.165) is 11.1 Å². The number of carbonyl (C=O) groups is 2. The summed E-state index contributed by atoms with van der Waals surface area (Å²) in [6, 6.07) is 12.3. The van der Waals surface area contributed by atoms with Gasteiger partial charge in [-0.3, -0.25) is 4.79 Å². The zero-order chi connectivity index (χ0) is 17.7. The topological polar surface area (TPSA) is 64.6 Å². The van der Waals surface area contributed by atoms with Crippen molar-refractivity contribution in [2.24, 2.45) is 0 Å². The van der Waals surface area contributed by atoms with Crippen LogP contribution in [0, 0.1) is 13.8 Å². The van der Waals surface area contributed by atoms with E-state index in [1.54, 1.807) is 31.2 Å². The summed E-state index contributed by atoms with van der Waals surface area (Å²) in [7, 11) is 1.31. The molecular formula is C19H21NO4. The van der Waals surface area contributed by atoms with E-state index in [1.165, 1.54) is 7.11 Å². The minimum atomic E-state index is -0.674. The Morgan fingerprint density at radius 3 is 2.50 bits per heavy atom. The molecule has 1 atom stereocenters. The summed E-state index contributed by atoms with van der Waals surface area (Å²) in [6.45, 7) is 5.63. The third-order valence-corrected chi connectivity index (χ3v) is 3.78. The third kappa shape index (κ3) is 4.13. The van der Waals surface area contributed by atoms with E-state index < -0.39 is 12.1 Å². The molecule has 0 heterocycles. The van der Waals surface area contributed by atoms with E-state index in [2.05, 4.69) is 10.1 Å². The molecule has 2 aromatic rings. The van der Waals surface area contributed by atoms with Crippen molar-refractivity contribution < 1.29 is 19.1 Å². The molecule has 0 radical (unpaired) electrons. The number of amides is 1. The summed E-state index contributed by atoms with van der Waals surface area (Å²) in [5.74, 6) is -0.0651. The number of carbonyl (C=O) groups excluding carboxylic acids is 2. The molecule has 1 amide bonds. The quantitative estimate of drug-likeness (QED) is 0.854. The molecule has 2 rings (SSSR count). The van der Waals surface area contributed by atoms with Crippen LogP contribution in [0.1, 0.15) is 28.4 Å². The number of hydrogen-bond donors (Lipinski definition) is 1. The molecule has 0 saturated heterocycles. The van der Waals surface area contributed by atoms with Gasteiger partial charge in [-0.2, -0.15) is 0 Å². The van der Waals surface area contributed by atoms with Crippen LogP contribution >= 0.6 is 0 Å². The number of anilines is 1. The van der Waals surface area contributed by atoms with Crippen LogP contribution in [0.25, 0.3) is 0 Å². The summed E-state index contributed by atoms with van der Waals surface area (Å²) < 4.78 is 10.4. The molecule has 2 aromatic carbocycles. The van der Waals surface area contributed by atoms with Gasteiger partial charge >= 0.3 is 5.97 Å². The lowest BCUT2D eigenvalue weighted by Crippen LogP contribution is -2.30. The Bertz CT molecular complexity index is 755. The van der Waals surface area contributed by atoms with Gasteiger partial charge in [0.15, 0.2) is 6.10 Å². The summed E-state index contributed by atoms with van der Waals surface area (Å²) in [4.78, 5) is 23.8. The summed E-state index contributed by atoms with van der Waals surface area (Å²) >= 11 is 0. The number of rotatable bonds is 5. The molecule has 0 aliphatic carbocycles. The van der Waals surface area contributed by atoms with E-state index >= 15 is 0 Å². The number of hydrogen-bond acceptors (Lipinski definition) is 4.